The van der Waals surface area contributed by atoms with E-state index in [2.05, 4.69) is 24.5 Å². The average molecular weight is 570 g/mol. The van der Waals surface area contributed by atoms with Crippen LogP contribution in [-0.4, -0.2) is 44.6 Å². The third-order valence-electron chi connectivity index (χ3n) is 7.04. The minimum Gasteiger partial charge on any atom is -0.492 e. The highest BCUT2D eigenvalue weighted by molar-refractivity contribution is 6.32. The number of amides is 1. The zero-order valence-electron chi connectivity index (χ0n) is 20.9. The zero-order chi connectivity index (χ0) is 27.6. The lowest BCUT2D eigenvalue weighted by Gasteiger charge is -2.23. The first kappa shape index (κ1) is 24.8. The molecular weight excluding hydrogens is 548 g/mol. The number of ether oxygens (including phenoxy) is 3. The number of anilines is 1. The highest BCUT2D eigenvalue weighted by atomic mass is 35.5. The molecule has 0 atom stereocenters. The zero-order valence-corrected chi connectivity index (χ0v) is 21.7. The van der Waals surface area contributed by atoms with Crippen LogP contribution in [0.15, 0.2) is 47.5 Å². The summed E-state index contributed by atoms with van der Waals surface area (Å²) in [5, 5.41) is 4.90. The number of aromatic amines is 1. The van der Waals surface area contributed by atoms with Gasteiger partial charge in [-0.1, -0.05) is 11.6 Å². The molecule has 2 fully saturated rings. The van der Waals surface area contributed by atoms with Crippen molar-refractivity contribution >= 4 is 34.2 Å². The molecule has 2 saturated carbocycles. The normalized spacial score (nSPS) is 17.3. The van der Waals surface area contributed by atoms with E-state index in [9.17, 15) is 18.4 Å². The van der Waals surface area contributed by atoms with Gasteiger partial charge in [0, 0.05) is 23.4 Å². The Hall–Kier alpha value is -4.19. The van der Waals surface area contributed by atoms with Gasteiger partial charge in [0.05, 0.1) is 18.0 Å². The van der Waals surface area contributed by atoms with Gasteiger partial charge in [0.25, 0.3) is 5.56 Å². The molecular formula is C27H22ClF2N5O5. The number of nitrogens with one attached hydrogen (secondary N) is 1. The maximum atomic E-state index is 13.6. The molecule has 0 spiro atoms. The van der Waals surface area contributed by atoms with E-state index < -0.39 is 24.3 Å². The Kier molecular flexibility index (Phi) is 5.70. The molecule has 0 saturated heterocycles. The molecule has 0 unspecified atom stereocenters. The highest BCUT2D eigenvalue weighted by Gasteiger charge is 2.44. The van der Waals surface area contributed by atoms with Gasteiger partial charge < -0.3 is 24.1 Å². The van der Waals surface area contributed by atoms with Crippen LogP contribution in [0.1, 0.15) is 25.7 Å². The molecule has 206 valence electrons. The number of imidazole rings is 1. The number of halogens is 3. The molecule has 10 nitrogen and oxygen atoms in total. The van der Waals surface area contributed by atoms with Crippen LogP contribution in [0.4, 0.5) is 14.5 Å². The Balaban J connectivity index is 1.20. The van der Waals surface area contributed by atoms with Gasteiger partial charge in [-0.05, 0) is 61.9 Å². The van der Waals surface area contributed by atoms with Crippen LogP contribution in [0.2, 0.25) is 5.02 Å². The smallest absolute Gasteiger partial charge is 0.492 e. The van der Waals surface area contributed by atoms with Crippen molar-refractivity contribution in [1.29, 1.82) is 0 Å². The van der Waals surface area contributed by atoms with E-state index in [0.717, 1.165) is 30.4 Å². The van der Waals surface area contributed by atoms with Gasteiger partial charge in [0.1, 0.15) is 29.0 Å². The van der Waals surface area contributed by atoms with Crippen molar-refractivity contribution in [2.45, 2.75) is 44.6 Å². The number of hydrogen-bond donors (Lipinski definition) is 1. The minimum absolute atomic E-state index is 0.119. The lowest BCUT2D eigenvalue weighted by atomic mass is 10.1. The van der Waals surface area contributed by atoms with E-state index in [-0.39, 0.29) is 23.1 Å². The number of fused-ring (bicyclic) bond motifs is 2. The first-order chi connectivity index (χ1) is 19.3. The van der Waals surface area contributed by atoms with Crippen LogP contribution >= 0.6 is 11.6 Å². The molecule has 13 heteroatoms. The predicted molar refractivity (Wildman–Crippen MR) is 140 cm³/mol. The molecule has 2 aromatic carbocycles. The maximum Gasteiger partial charge on any atom is 0.586 e. The minimum atomic E-state index is -3.77. The van der Waals surface area contributed by atoms with Crippen molar-refractivity contribution in [1.82, 2.24) is 19.7 Å². The van der Waals surface area contributed by atoms with Crippen molar-refractivity contribution in [3.8, 4) is 28.5 Å². The van der Waals surface area contributed by atoms with Crippen LogP contribution in [-0.2, 0) is 11.3 Å². The van der Waals surface area contributed by atoms with E-state index in [1.54, 1.807) is 18.2 Å². The molecule has 2 aromatic heterocycles. The van der Waals surface area contributed by atoms with E-state index >= 15 is 0 Å². The van der Waals surface area contributed by atoms with Gasteiger partial charge in [0.2, 0.25) is 5.91 Å². The lowest BCUT2D eigenvalue weighted by molar-refractivity contribution is -0.286. The van der Waals surface area contributed by atoms with Gasteiger partial charge in [-0.15, -0.1) is 8.78 Å². The number of alkyl halides is 2. The number of carbonyl (C=O) groups is 1. The number of aromatic nitrogens is 4. The molecule has 0 bridgehead atoms. The largest absolute Gasteiger partial charge is 0.586 e. The fourth-order valence-corrected chi connectivity index (χ4v) is 4.96. The average Bonchev–Trinajstić information content (AvgIpc) is 3.84. The van der Waals surface area contributed by atoms with Gasteiger partial charge in [0.15, 0.2) is 11.5 Å². The third-order valence-corrected chi connectivity index (χ3v) is 7.33. The van der Waals surface area contributed by atoms with Crippen molar-refractivity contribution in [3.63, 3.8) is 0 Å². The van der Waals surface area contributed by atoms with E-state index in [1.807, 2.05) is 0 Å². The van der Waals surface area contributed by atoms with Crippen molar-refractivity contribution in [2.75, 3.05) is 11.5 Å². The van der Waals surface area contributed by atoms with E-state index in [1.165, 1.54) is 29.4 Å². The molecule has 1 N–H and O–H groups in total. The van der Waals surface area contributed by atoms with Gasteiger partial charge in [-0.2, -0.15) is 5.10 Å². The summed E-state index contributed by atoms with van der Waals surface area (Å²) in [6.07, 6.45) is 1.39. The summed E-state index contributed by atoms with van der Waals surface area (Å²) < 4.78 is 43.0. The number of nitrogens with zero attached hydrogens (tertiary/aromatic N) is 4. The summed E-state index contributed by atoms with van der Waals surface area (Å²) in [4.78, 5) is 35.4. The first-order valence-corrected chi connectivity index (χ1v) is 13.2. The molecule has 3 heterocycles. The molecule has 1 aliphatic heterocycles. The van der Waals surface area contributed by atoms with Gasteiger partial charge in [-0.3, -0.25) is 9.59 Å². The number of rotatable bonds is 8. The van der Waals surface area contributed by atoms with Gasteiger partial charge in [-0.25, -0.2) is 9.67 Å². The fraction of sp³-hybridized carbons (Fsp3) is 0.333. The van der Waals surface area contributed by atoms with E-state index in [0.29, 0.717) is 45.8 Å². The van der Waals surface area contributed by atoms with Crippen LogP contribution in [0.3, 0.4) is 0 Å². The van der Waals surface area contributed by atoms with Crippen molar-refractivity contribution in [3.05, 3.63) is 58.1 Å². The fourth-order valence-electron chi connectivity index (χ4n) is 4.72. The second-order valence-electron chi connectivity index (χ2n) is 10.1. The molecule has 7 rings (SSSR count). The van der Waals surface area contributed by atoms with Crippen LogP contribution in [0.5, 0.6) is 17.2 Å². The summed E-state index contributed by atoms with van der Waals surface area (Å²) in [5.74, 6) is 0.400. The second kappa shape index (κ2) is 9.19. The standard InChI is InChI=1S/C27H22ClF2N5O5/c28-18-9-15(3-7-19(18)38-12-14-1-2-14)23-24-25(32-13-31-24)26(37)34(33-23)11-22(36)35(16-4-5-16)17-6-8-20-21(10-17)40-27(29,30)39-20/h3,6-10,13-14,16H,1-2,4-5,11-12H2,(H,31,32). The second-order valence-corrected chi connectivity index (χ2v) is 10.5. The number of benzene rings is 2. The quantitative estimate of drug-likeness (QED) is 0.326. The maximum absolute atomic E-state index is 13.6. The lowest BCUT2D eigenvalue weighted by Crippen LogP contribution is -2.39. The predicted octanol–water partition coefficient (Wildman–Crippen LogP) is 4.75. The summed E-state index contributed by atoms with van der Waals surface area (Å²) in [6.45, 7) is 0.218. The Bertz CT molecular complexity index is 1720. The summed E-state index contributed by atoms with van der Waals surface area (Å²) in [5.41, 5.74) is 1.32. The summed E-state index contributed by atoms with van der Waals surface area (Å²) in [7, 11) is 0. The van der Waals surface area contributed by atoms with Crippen molar-refractivity contribution in [2.24, 2.45) is 5.92 Å². The number of H-pyrrole nitrogens is 1. The van der Waals surface area contributed by atoms with Crippen molar-refractivity contribution < 1.29 is 27.8 Å². The highest BCUT2D eigenvalue weighted by Crippen LogP contribution is 2.44. The summed E-state index contributed by atoms with van der Waals surface area (Å²) >= 11 is 6.50. The molecule has 40 heavy (non-hydrogen) atoms. The Morgan fingerprint density at radius 3 is 2.70 bits per heavy atom. The van der Waals surface area contributed by atoms with Crippen LogP contribution in [0, 0.1) is 5.92 Å². The first-order valence-electron chi connectivity index (χ1n) is 12.8. The molecule has 4 aromatic rings. The van der Waals surface area contributed by atoms with Gasteiger partial charge >= 0.3 is 6.29 Å². The topological polar surface area (TPSA) is 112 Å². The SMILES string of the molecule is O=C(Cn1nc(-c2ccc(OCC3CC3)c(Cl)c2)c2nc[nH]c2c1=O)N(c1ccc2c(c1)OC(F)(F)O2)C1CC1. The Morgan fingerprint density at radius 1 is 1.15 bits per heavy atom. The molecule has 2 aliphatic carbocycles. The summed E-state index contributed by atoms with van der Waals surface area (Å²) in [6, 6.07) is 9.25. The Labute approximate surface area is 230 Å². The van der Waals surface area contributed by atoms with Crippen LogP contribution < -0.4 is 24.7 Å². The number of carbonyl (C=O) groups excluding carboxylic acids is 1. The molecule has 1 amide bonds. The number of hydrogen-bond acceptors (Lipinski definition) is 7. The Morgan fingerprint density at radius 2 is 1.95 bits per heavy atom. The van der Waals surface area contributed by atoms with Crippen LogP contribution in [0.25, 0.3) is 22.3 Å². The molecule has 0 radical (unpaired) electrons. The third kappa shape index (κ3) is 4.61. The monoisotopic (exact) mass is 569 g/mol. The van der Waals surface area contributed by atoms with E-state index in [4.69, 9.17) is 16.3 Å². The molecule has 3 aliphatic rings.